The van der Waals surface area contributed by atoms with Gasteiger partial charge in [-0.3, -0.25) is 0 Å². The summed E-state index contributed by atoms with van der Waals surface area (Å²) in [5.41, 5.74) is 4.43. The van der Waals surface area contributed by atoms with E-state index in [1.54, 1.807) is 0 Å². The average molecular weight is 508 g/mol. The Balaban J connectivity index is 1.18. The number of ether oxygens (including phenoxy) is 1. The molecular weight excluding hydrogens is 474 g/mol. The Hall–Kier alpha value is -4.19. The number of aromatic nitrogens is 3. The van der Waals surface area contributed by atoms with Crippen molar-refractivity contribution < 1.29 is 13.6 Å². The zero-order valence-electron chi connectivity index (χ0n) is 22.0. The quantitative estimate of drug-likeness (QED) is 0.178. The molecule has 2 aromatic heterocycles. The van der Waals surface area contributed by atoms with Gasteiger partial charge in [0.2, 0.25) is 17.7 Å². The molecule has 1 atom stereocenters. The number of hydrogen-bond acceptors (Lipinski definition) is 6. The third-order valence-corrected chi connectivity index (χ3v) is 6.68. The predicted molar refractivity (Wildman–Crippen MR) is 147 cm³/mol. The van der Waals surface area contributed by atoms with E-state index in [4.69, 9.17) is 13.6 Å². The van der Waals surface area contributed by atoms with E-state index in [-0.39, 0.29) is 5.92 Å². The summed E-state index contributed by atoms with van der Waals surface area (Å²) >= 11 is 0. The third-order valence-electron chi connectivity index (χ3n) is 6.68. The Morgan fingerprint density at radius 1 is 0.789 bits per heavy atom. The van der Waals surface area contributed by atoms with Crippen molar-refractivity contribution in [1.29, 1.82) is 0 Å². The molecule has 0 aliphatic rings. The zero-order chi connectivity index (χ0) is 26.2. The van der Waals surface area contributed by atoms with Gasteiger partial charge in [-0.25, -0.2) is 4.98 Å². The van der Waals surface area contributed by atoms with Crippen molar-refractivity contribution >= 4 is 0 Å². The second-order valence-electron chi connectivity index (χ2n) is 9.44. The molecule has 2 heterocycles. The summed E-state index contributed by atoms with van der Waals surface area (Å²) in [5.74, 6) is 3.88. The van der Waals surface area contributed by atoms with Gasteiger partial charge < -0.3 is 13.6 Å². The van der Waals surface area contributed by atoms with E-state index in [2.05, 4.69) is 51.6 Å². The number of rotatable bonds is 12. The molecule has 5 rings (SSSR count). The lowest BCUT2D eigenvalue weighted by atomic mass is 9.92. The highest BCUT2D eigenvalue weighted by atomic mass is 16.5. The molecule has 0 N–H and O–H groups in total. The van der Waals surface area contributed by atoms with Crippen LogP contribution in [0.2, 0.25) is 0 Å². The van der Waals surface area contributed by atoms with Crippen LogP contribution in [0, 0.1) is 6.92 Å². The fraction of sp³-hybridized carbons (Fsp3) is 0.281. The van der Waals surface area contributed by atoms with Crippen LogP contribution in [0.5, 0.6) is 5.75 Å². The highest BCUT2D eigenvalue weighted by Crippen LogP contribution is 2.27. The maximum atomic E-state index is 6.03. The molecule has 6 nitrogen and oxygen atoms in total. The van der Waals surface area contributed by atoms with Gasteiger partial charge in [0.05, 0.1) is 12.3 Å². The first-order valence-electron chi connectivity index (χ1n) is 13.3. The predicted octanol–water partition coefficient (Wildman–Crippen LogP) is 7.18. The Morgan fingerprint density at radius 3 is 2.24 bits per heavy atom. The Bertz CT molecular complexity index is 1410. The summed E-state index contributed by atoms with van der Waals surface area (Å²) in [6.07, 6.45) is 4.16. The second-order valence-corrected chi connectivity index (χ2v) is 9.44. The van der Waals surface area contributed by atoms with Crippen LogP contribution in [0.15, 0.2) is 93.8 Å². The van der Waals surface area contributed by atoms with Gasteiger partial charge in [-0.2, -0.15) is 0 Å². The van der Waals surface area contributed by atoms with Crippen molar-refractivity contribution in [3.63, 3.8) is 0 Å². The first-order valence-corrected chi connectivity index (χ1v) is 13.3. The van der Waals surface area contributed by atoms with Gasteiger partial charge in [-0.1, -0.05) is 67.6 Å². The van der Waals surface area contributed by atoms with Gasteiger partial charge in [0, 0.05) is 24.3 Å². The van der Waals surface area contributed by atoms with E-state index in [1.807, 2.05) is 62.4 Å². The van der Waals surface area contributed by atoms with Crippen LogP contribution in [0.25, 0.3) is 11.5 Å². The van der Waals surface area contributed by atoms with Crippen molar-refractivity contribution in [2.45, 2.75) is 51.9 Å². The van der Waals surface area contributed by atoms with Crippen LogP contribution in [0.1, 0.15) is 53.6 Å². The van der Waals surface area contributed by atoms with Gasteiger partial charge >= 0.3 is 0 Å². The van der Waals surface area contributed by atoms with Crippen LogP contribution in [-0.4, -0.2) is 21.8 Å². The molecule has 0 spiro atoms. The molecule has 0 saturated carbocycles. The van der Waals surface area contributed by atoms with Crippen molar-refractivity contribution in [1.82, 2.24) is 15.2 Å². The molecular formula is C32H33N3O3. The molecule has 0 amide bonds. The van der Waals surface area contributed by atoms with Crippen LogP contribution < -0.4 is 4.74 Å². The minimum Gasteiger partial charge on any atom is -0.493 e. The number of hydrogen-bond donors (Lipinski definition) is 0. The number of nitrogens with zero attached hydrogens (tertiary/aromatic N) is 3. The topological polar surface area (TPSA) is 74.2 Å². The Labute approximate surface area is 223 Å². The maximum Gasteiger partial charge on any atom is 0.226 e. The standard InChI is InChI=1S/C32H33N3O3/c1-3-30-34-35-32(38-30)27(17-14-24-10-6-4-7-11-24)22-25-15-18-28(19-16-25)36-21-20-29-23(2)37-31(33-29)26-12-8-5-9-13-26/h4-13,15-16,18-19,27H,3,14,17,20-22H2,1-2H3. The molecule has 38 heavy (non-hydrogen) atoms. The molecule has 0 radical (unpaired) electrons. The Kier molecular flexibility index (Phi) is 8.29. The lowest BCUT2D eigenvalue weighted by Gasteiger charge is -2.14. The number of oxazole rings is 1. The molecule has 194 valence electrons. The monoisotopic (exact) mass is 507 g/mol. The molecule has 6 heteroatoms. The van der Waals surface area contributed by atoms with Crippen LogP contribution in [-0.2, 0) is 25.7 Å². The van der Waals surface area contributed by atoms with Crippen molar-refractivity contribution in [2.75, 3.05) is 6.61 Å². The molecule has 3 aromatic carbocycles. The minimum atomic E-state index is 0.156. The van der Waals surface area contributed by atoms with Gasteiger partial charge in [-0.05, 0) is 61.6 Å². The Morgan fingerprint density at radius 2 is 1.53 bits per heavy atom. The van der Waals surface area contributed by atoms with Crippen LogP contribution >= 0.6 is 0 Å². The summed E-state index contributed by atoms with van der Waals surface area (Å²) in [7, 11) is 0. The number of benzene rings is 3. The summed E-state index contributed by atoms with van der Waals surface area (Å²) < 4.78 is 17.8. The SMILES string of the molecule is CCc1nnc(C(CCc2ccccc2)Cc2ccc(OCCc3nc(-c4ccccc4)oc3C)cc2)o1. The number of aryl methyl sites for hydroxylation is 3. The molecule has 0 bridgehead atoms. The molecule has 1 unspecified atom stereocenters. The van der Waals surface area contributed by atoms with E-state index >= 15 is 0 Å². The highest BCUT2D eigenvalue weighted by Gasteiger charge is 2.19. The van der Waals surface area contributed by atoms with E-state index in [1.165, 1.54) is 11.1 Å². The first kappa shape index (κ1) is 25.5. The lowest BCUT2D eigenvalue weighted by molar-refractivity contribution is 0.319. The largest absolute Gasteiger partial charge is 0.493 e. The summed E-state index contributed by atoms with van der Waals surface area (Å²) in [4.78, 5) is 4.67. The van der Waals surface area contributed by atoms with E-state index < -0.39 is 0 Å². The molecule has 0 aliphatic heterocycles. The third kappa shape index (κ3) is 6.57. The molecule has 5 aromatic rings. The van der Waals surface area contributed by atoms with E-state index in [0.29, 0.717) is 24.8 Å². The van der Waals surface area contributed by atoms with Crippen molar-refractivity contribution in [2.24, 2.45) is 0 Å². The van der Waals surface area contributed by atoms with Gasteiger partial charge in [0.1, 0.15) is 11.5 Å². The fourth-order valence-electron chi connectivity index (χ4n) is 4.51. The first-order chi connectivity index (χ1) is 18.7. The fourth-order valence-corrected chi connectivity index (χ4v) is 4.51. The van der Waals surface area contributed by atoms with Gasteiger partial charge in [-0.15, -0.1) is 10.2 Å². The normalized spacial score (nSPS) is 11.9. The molecule has 0 saturated heterocycles. The molecule has 0 aliphatic carbocycles. The smallest absolute Gasteiger partial charge is 0.226 e. The van der Waals surface area contributed by atoms with Crippen molar-refractivity contribution in [3.05, 3.63) is 119 Å². The van der Waals surface area contributed by atoms with Gasteiger partial charge in [0.15, 0.2) is 0 Å². The average Bonchev–Trinajstić information content (AvgIpc) is 3.60. The second kappa shape index (κ2) is 12.4. The lowest BCUT2D eigenvalue weighted by Crippen LogP contribution is -2.06. The van der Waals surface area contributed by atoms with Crippen molar-refractivity contribution in [3.8, 4) is 17.2 Å². The summed E-state index contributed by atoms with van der Waals surface area (Å²) in [6, 6.07) is 28.8. The van der Waals surface area contributed by atoms with Gasteiger partial charge in [0.25, 0.3) is 0 Å². The zero-order valence-corrected chi connectivity index (χ0v) is 22.0. The maximum absolute atomic E-state index is 6.03. The van der Waals surface area contributed by atoms with Crippen LogP contribution in [0.3, 0.4) is 0 Å². The molecule has 0 fully saturated rings. The highest BCUT2D eigenvalue weighted by molar-refractivity contribution is 5.53. The minimum absolute atomic E-state index is 0.156. The summed E-state index contributed by atoms with van der Waals surface area (Å²) in [6.45, 7) is 4.51. The van der Waals surface area contributed by atoms with E-state index in [9.17, 15) is 0 Å². The summed E-state index contributed by atoms with van der Waals surface area (Å²) in [5, 5.41) is 8.56. The van der Waals surface area contributed by atoms with E-state index in [0.717, 1.165) is 54.3 Å². The van der Waals surface area contributed by atoms with Crippen LogP contribution in [0.4, 0.5) is 0 Å².